The lowest BCUT2D eigenvalue weighted by Crippen LogP contribution is -2.47. The first kappa shape index (κ1) is 12.7. The lowest BCUT2D eigenvalue weighted by Gasteiger charge is -2.31. The summed E-state index contributed by atoms with van der Waals surface area (Å²) in [5, 5.41) is 3.42. The molecule has 2 aliphatic rings. The molecule has 0 saturated carbocycles. The summed E-state index contributed by atoms with van der Waals surface area (Å²) < 4.78 is 5.21. The maximum Gasteiger partial charge on any atom is 0.118 e. The van der Waals surface area contributed by atoms with Crippen LogP contribution in [-0.2, 0) is 0 Å². The Balaban J connectivity index is 1.70. The molecule has 0 amide bonds. The van der Waals surface area contributed by atoms with Crippen LogP contribution >= 0.6 is 0 Å². The molecule has 3 nitrogen and oxygen atoms in total. The number of hydrogen-bond acceptors (Lipinski definition) is 3. The lowest BCUT2D eigenvalue weighted by atomic mass is 10.1. The highest BCUT2D eigenvalue weighted by Gasteiger charge is 2.23. The third kappa shape index (κ3) is 2.82. The van der Waals surface area contributed by atoms with Crippen molar-refractivity contribution in [3.8, 4) is 5.75 Å². The number of rotatable bonds is 3. The third-order valence-electron chi connectivity index (χ3n) is 4.18. The predicted octanol–water partition coefficient (Wildman–Crippen LogP) is 2.15. The van der Waals surface area contributed by atoms with Gasteiger partial charge in [0.05, 0.1) is 7.11 Å². The van der Waals surface area contributed by atoms with E-state index < -0.39 is 0 Å². The number of methoxy groups -OCH3 is 1. The van der Waals surface area contributed by atoms with Gasteiger partial charge in [0, 0.05) is 32.2 Å². The lowest BCUT2D eigenvalue weighted by molar-refractivity contribution is 0.200. The van der Waals surface area contributed by atoms with Crippen molar-refractivity contribution in [1.29, 1.82) is 0 Å². The molecule has 0 bridgehead atoms. The van der Waals surface area contributed by atoms with Gasteiger partial charge in [-0.05, 0) is 36.1 Å². The first-order valence-corrected chi connectivity index (χ1v) is 7.17. The highest BCUT2D eigenvalue weighted by molar-refractivity contribution is 5.68. The van der Waals surface area contributed by atoms with Crippen molar-refractivity contribution in [2.75, 3.05) is 33.3 Å². The molecule has 102 valence electrons. The standard InChI is InChI=1S/C16H22N2O/c1-19-16-6-3-13(4-7-16)14-2-5-15(12-14)18-10-8-17-9-11-18/h3-4,6-7,12,15,17H,2,5,8-11H2,1H3. The largest absolute Gasteiger partial charge is 0.497 e. The highest BCUT2D eigenvalue weighted by Crippen LogP contribution is 2.31. The Morgan fingerprint density at radius 1 is 1.16 bits per heavy atom. The predicted molar refractivity (Wildman–Crippen MR) is 78.4 cm³/mol. The number of nitrogens with zero attached hydrogens (tertiary/aromatic N) is 1. The van der Waals surface area contributed by atoms with Crippen LogP contribution in [-0.4, -0.2) is 44.2 Å². The molecule has 0 spiro atoms. The normalized spacial score (nSPS) is 24.3. The summed E-state index contributed by atoms with van der Waals surface area (Å²) >= 11 is 0. The molecule has 1 aliphatic heterocycles. The Labute approximate surface area is 115 Å². The summed E-state index contributed by atoms with van der Waals surface area (Å²) in [4.78, 5) is 2.60. The van der Waals surface area contributed by atoms with Crippen LogP contribution in [0.1, 0.15) is 18.4 Å². The van der Waals surface area contributed by atoms with Crippen LogP contribution in [0.5, 0.6) is 5.75 Å². The first-order chi connectivity index (χ1) is 9.36. The smallest absolute Gasteiger partial charge is 0.118 e. The van der Waals surface area contributed by atoms with Crippen molar-refractivity contribution in [2.24, 2.45) is 0 Å². The van der Waals surface area contributed by atoms with Crippen LogP contribution in [0.15, 0.2) is 30.3 Å². The van der Waals surface area contributed by atoms with Crippen molar-refractivity contribution in [1.82, 2.24) is 10.2 Å². The third-order valence-corrected chi connectivity index (χ3v) is 4.18. The molecule has 3 heteroatoms. The fraction of sp³-hybridized carbons (Fsp3) is 0.500. The van der Waals surface area contributed by atoms with E-state index in [-0.39, 0.29) is 0 Å². The number of piperazine rings is 1. The molecule has 1 atom stereocenters. The molecule has 0 radical (unpaired) electrons. The first-order valence-electron chi connectivity index (χ1n) is 7.17. The molecule has 3 rings (SSSR count). The monoisotopic (exact) mass is 258 g/mol. The molecule has 1 aromatic rings. The van der Waals surface area contributed by atoms with Crippen LogP contribution in [0.2, 0.25) is 0 Å². The van der Waals surface area contributed by atoms with Gasteiger partial charge in [0.1, 0.15) is 5.75 Å². The quantitative estimate of drug-likeness (QED) is 0.899. The summed E-state index contributed by atoms with van der Waals surface area (Å²) in [6.07, 6.45) is 4.93. The van der Waals surface area contributed by atoms with Gasteiger partial charge in [-0.25, -0.2) is 0 Å². The molecule has 1 aliphatic carbocycles. The van der Waals surface area contributed by atoms with Gasteiger partial charge >= 0.3 is 0 Å². The fourth-order valence-corrected chi connectivity index (χ4v) is 3.05. The van der Waals surface area contributed by atoms with E-state index in [1.807, 2.05) is 12.1 Å². The van der Waals surface area contributed by atoms with E-state index in [0.29, 0.717) is 6.04 Å². The number of nitrogens with one attached hydrogen (secondary N) is 1. The minimum atomic E-state index is 0.638. The molecule has 1 unspecified atom stereocenters. The molecule has 1 saturated heterocycles. The minimum absolute atomic E-state index is 0.638. The summed E-state index contributed by atoms with van der Waals surface area (Å²) in [5.41, 5.74) is 2.84. The maximum atomic E-state index is 5.21. The van der Waals surface area contributed by atoms with Gasteiger partial charge in [-0.3, -0.25) is 4.90 Å². The zero-order chi connectivity index (χ0) is 13.1. The molecule has 1 fully saturated rings. The van der Waals surface area contributed by atoms with Gasteiger partial charge in [0.2, 0.25) is 0 Å². The Morgan fingerprint density at radius 2 is 1.89 bits per heavy atom. The summed E-state index contributed by atoms with van der Waals surface area (Å²) in [6, 6.07) is 9.08. The zero-order valence-electron chi connectivity index (χ0n) is 11.6. The average Bonchev–Trinajstić information content (AvgIpc) is 2.98. The summed E-state index contributed by atoms with van der Waals surface area (Å²) in [7, 11) is 1.71. The van der Waals surface area contributed by atoms with Crippen LogP contribution < -0.4 is 10.1 Å². The van der Waals surface area contributed by atoms with Crippen molar-refractivity contribution < 1.29 is 4.74 Å². The van der Waals surface area contributed by atoms with Gasteiger partial charge in [-0.1, -0.05) is 18.2 Å². The fourth-order valence-electron chi connectivity index (χ4n) is 3.05. The summed E-state index contributed by atoms with van der Waals surface area (Å²) in [5.74, 6) is 0.931. The molecule has 19 heavy (non-hydrogen) atoms. The van der Waals surface area contributed by atoms with Crippen LogP contribution in [0.25, 0.3) is 5.57 Å². The van der Waals surface area contributed by atoms with Crippen molar-refractivity contribution in [3.63, 3.8) is 0 Å². The SMILES string of the molecule is COc1ccc(C2=CC(N3CCNCC3)CC2)cc1. The minimum Gasteiger partial charge on any atom is -0.497 e. The van der Waals surface area contributed by atoms with Crippen molar-refractivity contribution in [3.05, 3.63) is 35.9 Å². The number of allylic oxidation sites excluding steroid dienone is 1. The Morgan fingerprint density at radius 3 is 2.58 bits per heavy atom. The second-order valence-corrected chi connectivity index (χ2v) is 5.31. The number of ether oxygens (including phenoxy) is 1. The molecule has 1 aromatic carbocycles. The van der Waals surface area contributed by atoms with Crippen molar-refractivity contribution >= 4 is 5.57 Å². The van der Waals surface area contributed by atoms with E-state index in [0.717, 1.165) is 18.8 Å². The molecule has 1 N–H and O–H groups in total. The van der Waals surface area contributed by atoms with Gasteiger partial charge < -0.3 is 10.1 Å². The second kappa shape index (κ2) is 5.76. The van der Waals surface area contributed by atoms with Gasteiger partial charge in [-0.15, -0.1) is 0 Å². The van der Waals surface area contributed by atoms with Crippen molar-refractivity contribution in [2.45, 2.75) is 18.9 Å². The Hall–Kier alpha value is -1.32. The Bertz CT molecular complexity index is 446. The molecule has 1 heterocycles. The number of hydrogen-bond donors (Lipinski definition) is 1. The molecular weight excluding hydrogens is 236 g/mol. The van der Waals surface area contributed by atoms with E-state index in [1.165, 1.54) is 37.1 Å². The zero-order valence-corrected chi connectivity index (χ0v) is 11.6. The second-order valence-electron chi connectivity index (χ2n) is 5.31. The van der Waals surface area contributed by atoms with E-state index in [1.54, 1.807) is 7.11 Å². The molecule has 0 aromatic heterocycles. The van der Waals surface area contributed by atoms with Crippen LogP contribution in [0.4, 0.5) is 0 Å². The highest BCUT2D eigenvalue weighted by atomic mass is 16.5. The summed E-state index contributed by atoms with van der Waals surface area (Å²) in [6.45, 7) is 4.61. The maximum absolute atomic E-state index is 5.21. The topological polar surface area (TPSA) is 24.5 Å². The van der Waals surface area contributed by atoms with E-state index in [9.17, 15) is 0 Å². The Kier molecular flexibility index (Phi) is 3.85. The van der Waals surface area contributed by atoms with E-state index >= 15 is 0 Å². The molecular formula is C16H22N2O. The average molecular weight is 258 g/mol. The van der Waals surface area contributed by atoms with Gasteiger partial charge in [-0.2, -0.15) is 0 Å². The van der Waals surface area contributed by atoms with Gasteiger partial charge in [0.15, 0.2) is 0 Å². The van der Waals surface area contributed by atoms with E-state index in [2.05, 4.69) is 28.4 Å². The van der Waals surface area contributed by atoms with Gasteiger partial charge in [0.25, 0.3) is 0 Å². The number of benzene rings is 1. The van der Waals surface area contributed by atoms with E-state index in [4.69, 9.17) is 4.74 Å². The van der Waals surface area contributed by atoms with Crippen LogP contribution in [0.3, 0.4) is 0 Å². The van der Waals surface area contributed by atoms with Crippen LogP contribution in [0, 0.1) is 0 Å².